The molecule has 0 aromatic heterocycles. The van der Waals surface area contributed by atoms with Gasteiger partial charge in [0.15, 0.2) is 12.8 Å². The zero-order valence-electron chi connectivity index (χ0n) is 16.0. The molecule has 152 valence electrons. The minimum atomic E-state index is -2.99. The Kier molecular flexibility index (Phi) is 7.85. The van der Waals surface area contributed by atoms with Crippen molar-refractivity contribution in [3.8, 4) is 5.75 Å². The molecule has 0 saturated heterocycles. The summed E-state index contributed by atoms with van der Waals surface area (Å²) in [5.74, 6) is 1.08. The maximum atomic E-state index is 13.8. The molecule has 0 spiro atoms. The number of ether oxygens (including phenoxy) is 2. The Morgan fingerprint density at radius 3 is 2.89 bits per heavy atom. The normalized spacial score (nSPS) is 15.6. The monoisotopic (exact) mass is 401 g/mol. The highest BCUT2D eigenvalue weighted by Crippen LogP contribution is 2.29. The van der Waals surface area contributed by atoms with E-state index >= 15 is 0 Å². The summed E-state index contributed by atoms with van der Waals surface area (Å²) in [6, 6.07) is 2.85. The van der Waals surface area contributed by atoms with Gasteiger partial charge in [-0.15, -0.1) is 0 Å². The third-order valence-corrected chi connectivity index (χ3v) is 5.03. The second-order valence-corrected chi connectivity index (χ2v) is 8.90. The molecular weight excluding hydrogens is 373 g/mol. The molecule has 7 nitrogen and oxygen atoms in total. The van der Waals surface area contributed by atoms with Gasteiger partial charge >= 0.3 is 0 Å². The molecule has 2 rings (SSSR count). The maximum absolute atomic E-state index is 13.8. The van der Waals surface area contributed by atoms with Crippen LogP contribution >= 0.6 is 0 Å². The summed E-state index contributed by atoms with van der Waals surface area (Å²) >= 11 is 0. The molecule has 0 fully saturated rings. The molecular formula is C18H28FN3O4S. The molecule has 1 heterocycles. The van der Waals surface area contributed by atoms with Crippen molar-refractivity contribution in [2.24, 2.45) is 4.99 Å². The largest absolute Gasteiger partial charge is 0.467 e. The van der Waals surface area contributed by atoms with Gasteiger partial charge in [-0.05, 0) is 44.4 Å². The van der Waals surface area contributed by atoms with Crippen LogP contribution in [0.25, 0.3) is 0 Å². The summed E-state index contributed by atoms with van der Waals surface area (Å²) in [6.07, 6.45) is 2.24. The molecule has 9 heteroatoms. The van der Waals surface area contributed by atoms with Gasteiger partial charge in [-0.25, -0.2) is 12.8 Å². The first-order valence-corrected chi connectivity index (χ1v) is 11.1. The van der Waals surface area contributed by atoms with E-state index in [1.54, 1.807) is 0 Å². The van der Waals surface area contributed by atoms with Gasteiger partial charge in [0.25, 0.3) is 0 Å². The van der Waals surface area contributed by atoms with Crippen molar-refractivity contribution >= 4 is 15.8 Å². The van der Waals surface area contributed by atoms with Gasteiger partial charge in [0.1, 0.15) is 21.4 Å². The van der Waals surface area contributed by atoms with E-state index in [0.717, 1.165) is 5.56 Å². The first-order valence-electron chi connectivity index (χ1n) is 9.03. The van der Waals surface area contributed by atoms with E-state index in [4.69, 9.17) is 9.47 Å². The van der Waals surface area contributed by atoms with Crippen molar-refractivity contribution in [1.29, 1.82) is 0 Å². The van der Waals surface area contributed by atoms with Gasteiger partial charge in [0.2, 0.25) is 0 Å². The summed E-state index contributed by atoms with van der Waals surface area (Å²) in [4.78, 5) is 4.51. The van der Waals surface area contributed by atoms with Crippen LogP contribution in [0.15, 0.2) is 17.1 Å². The van der Waals surface area contributed by atoms with Crippen LogP contribution in [-0.2, 0) is 27.6 Å². The maximum Gasteiger partial charge on any atom is 0.191 e. The highest BCUT2D eigenvalue weighted by atomic mass is 32.2. The number of rotatable bonds is 8. The van der Waals surface area contributed by atoms with Crippen LogP contribution in [0.1, 0.15) is 31.4 Å². The van der Waals surface area contributed by atoms with Crippen LogP contribution in [-0.4, -0.2) is 52.3 Å². The van der Waals surface area contributed by atoms with Gasteiger partial charge in [-0.3, -0.25) is 4.99 Å². The lowest BCUT2D eigenvalue weighted by Crippen LogP contribution is -2.43. The van der Waals surface area contributed by atoms with Crippen molar-refractivity contribution in [3.63, 3.8) is 0 Å². The second kappa shape index (κ2) is 9.89. The number of fused-ring (bicyclic) bond motifs is 1. The zero-order chi connectivity index (χ0) is 19.9. The van der Waals surface area contributed by atoms with E-state index < -0.39 is 9.84 Å². The van der Waals surface area contributed by atoms with Crippen LogP contribution in [0.4, 0.5) is 4.39 Å². The topological polar surface area (TPSA) is 89.0 Å². The molecule has 1 aromatic carbocycles. The van der Waals surface area contributed by atoms with Crippen molar-refractivity contribution in [2.75, 3.05) is 31.9 Å². The van der Waals surface area contributed by atoms with Crippen LogP contribution < -0.4 is 15.4 Å². The van der Waals surface area contributed by atoms with Crippen LogP contribution in [0.2, 0.25) is 0 Å². The molecule has 0 saturated carbocycles. The lowest BCUT2D eigenvalue weighted by atomic mass is 10.1. The number of guanidine groups is 1. The molecule has 27 heavy (non-hydrogen) atoms. The third kappa shape index (κ3) is 7.34. The quantitative estimate of drug-likeness (QED) is 0.508. The molecule has 2 N–H and O–H groups in total. The number of halogens is 1. The number of nitrogens with zero attached hydrogens (tertiary/aromatic N) is 1. The van der Waals surface area contributed by atoms with Crippen LogP contribution in [0.5, 0.6) is 5.75 Å². The zero-order valence-corrected chi connectivity index (χ0v) is 16.9. The lowest BCUT2D eigenvalue weighted by molar-refractivity contribution is -0.0172. The number of nitrogens with one attached hydrogen (secondary N) is 2. The Morgan fingerprint density at radius 2 is 2.19 bits per heavy atom. The van der Waals surface area contributed by atoms with E-state index in [0.29, 0.717) is 49.8 Å². The van der Waals surface area contributed by atoms with Crippen LogP contribution in [0, 0.1) is 5.82 Å². The Hall–Kier alpha value is -1.87. The third-order valence-electron chi connectivity index (χ3n) is 4.05. The lowest BCUT2D eigenvalue weighted by Gasteiger charge is -2.21. The van der Waals surface area contributed by atoms with Crippen molar-refractivity contribution in [3.05, 3.63) is 29.1 Å². The minimum absolute atomic E-state index is 0.0417. The average Bonchev–Trinajstić information content (AvgIpc) is 2.59. The molecule has 1 aromatic rings. The molecule has 0 amide bonds. The fourth-order valence-corrected chi connectivity index (χ4v) is 3.53. The second-order valence-electron chi connectivity index (χ2n) is 6.64. The van der Waals surface area contributed by atoms with Crippen molar-refractivity contribution < 1.29 is 22.3 Å². The molecule has 0 radical (unpaired) electrons. The average molecular weight is 402 g/mol. The predicted molar refractivity (Wildman–Crippen MR) is 103 cm³/mol. The van der Waals surface area contributed by atoms with E-state index in [1.165, 1.54) is 18.4 Å². The number of benzene rings is 1. The van der Waals surface area contributed by atoms with Crippen LogP contribution in [0.3, 0.4) is 0 Å². The molecule has 1 unspecified atom stereocenters. The summed E-state index contributed by atoms with van der Waals surface area (Å²) in [5.41, 5.74) is 1.47. The van der Waals surface area contributed by atoms with Crippen molar-refractivity contribution in [2.45, 2.75) is 39.3 Å². The predicted octanol–water partition coefficient (Wildman–Crippen LogP) is 1.61. The number of aliphatic imine (C=N–C) groups is 1. The summed E-state index contributed by atoms with van der Waals surface area (Å²) in [7, 11) is -2.99. The Labute approximate surface area is 160 Å². The van der Waals surface area contributed by atoms with Gasteiger partial charge in [-0.1, -0.05) is 0 Å². The first-order chi connectivity index (χ1) is 12.8. The SMILES string of the molecule is CCNC(=NCCc1cc(F)cc2c1OCOC2)NC(C)CCS(C)(=O)=O. The Balaban J connectivity index is 1.98. The van der Waals surface area contributed by atoms with Gasteiger partial charge in [-0.2, -0.15) is 0 Å². The molecule has 1 aliphatic rings. The van der Waals surface area contributed by atoms with E-state index in [-0.39, 0.29) is 24.4 Å². The number of hydrogen-bond acceptors (Lipinski definition) is 5. The highest BCUT2D eigenvalue weighted by Gasteiger charge is 2.17. The molecule has 1 atom stereocenters. The van der Waals surface area contributed by atoms with Gasteiger partial charge in [0, 0.05) is 31.0 Å². The van der Waals surface area contributed by atoms with Crippen molar-refractivity contribution in [1.82, 2.24) is 10.6 Å². The fraction of sp³-hybridized carbons (Fsp3) is 0.611. The van der Waals surface area contributed by atoms with Gasteiger partial charge < -0.3 is 20.1 Å². The smallest absolute Gasteiger partial charge is 0.191 e. The van der Waals surface area contributed by atoms with E-state index in [1.807, 2.05) is 13.8 Å². The number of sulfone groups is 1. The summed E-state index contributed by atoms with van der Waals surface area (Å²) in [6.45, 7) is 5.49. The first kappa shape index (κ1) is 21.4. The standard InChI is InChI=1S/C18H28FN3O4S/c1-4-20-18(22-13(2)6-8-27(3,23)24)21-7-5-14-9-16(19)10-15-11-25-12-26-17(14)15/h9-10,13H,4-8,11-12H2,1-3H3,(H2,20,21,22). The Bertz CT molecular complexity index is 768. The fourth-order valence-electron chi connectivity index (χ4n) is 2.75. The summed E-state index contributed by atoms with van der Waals surface area (Å²) < 4.78 is 47.1. The molecule has 1 aliphatic heterocycles. The minimum Gasteiger partial charge on any atom is -0.467 e. The number of hydrogen-bond donors (Lipinski definition) is 2. The molecule has 0 bridgehead atoms. The van der Waals surface area contributed by atoms with E-state index in [2.05, 4.69) is 15.6 Å². The van der Waals surface area contributed by atoms with E-state index in [9.17, 15) is 12.8 Å². The summed E-state index contributed by atoms with van der Waals surface area (Å²) in [5, 5.41) is 6.33. The highest BCUT2D eigenvalue weighted by molar-refractivity contribution is 7.90. The Morgan fingerprint density at radius 1 is 1.41 bits per heavy atom. The van der Waals surface area contributed by atoms with Gasteiger partial charge in [0.05, 0.1) is 12.4 Å². The molecule has 0 aliphatic carbocycles.